The third-order valence-electron chi connectivity index (χ3n) is 4.64. The molecule has 2 unspecified atom stereocenters. The van der Waals surface area contributed by atoms with Crippen LogP contribution in [0.4, 0.5) is 8.78 Å². The van der Waals surface area contributed by atoms with Gasteiger partial charge in [-0.05, 0) is 43.8 Å². The van der Waals surface area contributed by atoms with Crippen molar-refractivity contribution in [2.24, 2.45) is 0 Å². The van der Waals surface area contributed by atoms with Crippen molar-refractivity contribution in [3.8, 4) is 11.3 Å². The summed E-state index contributed by atoms with van der Waals surface area (Å²) in [5, 5.41) is 0.556. The molecule has 24 heavy (non-hydrogen) atoms. The maximum Gasteiger partial charge on any atom is 0.132 e. The summed E-state index contributed by atoms with van der Waals surface area (Å²) in [6.07, 6.45) is 7.14. The Kier molecular flexibility index (Phi) is 5.56. The summed E-state index contributed by atoms with van der Waals surface area (Å²) in [5.74, 6) is -0.0413. The molecule has 130 valence electrons. The lowest BCUT2D eigenvalue weighted by atomic mass is 10.0. The van der Waals surface area contributed by atoms with E-state index in [1.807, 2.05) is 11.8 Å². The normalized spacial score (nSPS) is 20.2. The number of piperidine rings is 1. The van der Waals surface area contributed by atoms with Crippen molar-refractivity contribution in [1.29, 1.82) is 0 Å². The first-order valence-electron chi connectivity index (χ1n) is 8.35. The number of imidazole rings is 1. The highest BCUT2D eigenvalue weighted by molar-refractivity contribution is 7.99. The molecule has 0 amide bonds. The molecule has 1 aliphatic rings. The summed E-state index contributed by atoms with van der Waals surface area (Å²) in [5.41, 5.74) is 0.763. The molecule has 0 bridgehead atoms. The van der Waals surface area contributed by atoms with E-state index in [0.29, 0.717) is 10.9 Å². The zero-order chi connectivity index (χ0) is 17.1. The van der Waals surface area contributed by atoms with Gasteiger partial charge in [0.1, 0.15) is 17.5 Å². The minimum atomic E-state index is -0.448. The monoisotopic (exact) mass is 351 g/mol. The fourth-order valence-corrected chi connectivity index (χ4v) is 3.61. The Hall–Kier alpha value is -1.40. The lowest BCUT2D eigenvalue weighted by molar-refractivity contribution is 0.145. The van der Waals surface area contributed by atoms with Crippen molar-refractivity contribution in [2.45, 2.75) is 37.5 Å². The second-order valence-corrected chi connectivity index (χ2v) is 7.64. The predicted molar refractivity (Wildman–Crippen MR) is 95.1 cm³/mol. The van der Waals surface area contributed by atoms with E-state index >= 15 is 0 Å². The molecule has 0 radical (unpaired) electrons. The van der Waals surface area contributed by atoms with E-state index in [-0.39, 0.29) is 11.6 Å². The number of rotatable bonds is 5. The lowest BCUT2D eigenvalue weighted by Gasteiger charge is -2.35. The number of aromatic amines is 1. The van der Waals surface area contributed by atoms with E-state index in [1.54, 1.807) is 6.20 Å². The molecule has 3 rings (SSSR count). The smallest absolute Gasteiger partial charge is 0.132 e. The molecule has 2 atom stereocenters. The summed E-state index contributed by atoms with van der Waals surface area (Å²) < 4.78 is 27.4. The molecule has 1 aromatic carbocycles. The standard InChI is InChI=1S/C18H23F2N3S/c1-12(24-2)11-23-8-4-3-5-17(23)18-21-10-16(22-18)14-9-13(19)6-7-15(14)20/h6-7,9-10,12,17H,3-5,8,11H2,1-2H3,(H,21,22). The van der Waals surface area contributed by atoms with Crippen LogP contribution in [0.2, 0.25) is 0 Å². The van der Waals surface area contributed by atoms with Gasteiger partial charge in [-0.2, -0.15) is 11.8 Å². The first-order valence-corrected chi connectivity index (χ1v) is 9.64. The van der Waals surface area contributed by atoms with Crippen LogP contribution in [0, 0.1) is 11.6 Å². The number of nitrogens with one attached hydrogen (secondary N) is 1. The number of aromatic nitrogens is 2. The molecular formula is C18H23F2N3S. The Labute approximate surface area is 145 Å². The van der Waals surface area contributed by atoms with E-state index in [2.05, 4.69) is 28.0 Å². The van der Waals surface area contributed by atoms with E-state index < -0.39 is 11.6 Å². The molecule has 2 heterocycles. The lowest BCUT2D eigenvalue weighted by Crippen LogP contribution is -2.37. The van der Waals surface area contributed by atoms with Crippen LogP contribution in [0.25, 0.3) is 11.3 Å². The van der Waals surface area contributed by atoms with Gasteiger partial charge in [-0.25, -0.2) is 13.8 Å². The van der Waals surface area contributed by atoms with E-state index in [0.717, 1.165) is 37.5 Å². The highest BCUT2D eigenvalue weighted by Gasteiger charge is 2.27. The SMILES string of the molecule is CSC(C)CN1CCCCC1c1ncc(-c2cc(F)ccc2F)[nH]1. The number of thioether (sulfide) groups is 1. The molecule has 3 nitrogen and oxygen atoms in total. The summed E-state index contributed by atoms with van der Waals surface area (Å²) >= 11 is 1.86. The van der Waals surface area contributed by atoms with Crippen molar-refractivity contribution >= 4 is 11.8 Å². The first kappa shape index (κ1) is 17.4. The second kappa shape index (κ2) is 7.66. The van der Waals surface area contributed by atoms with Crippen molar-refractivity contribution in [2.75, 3.05) is 19.3 Å². The number of nitrogens with zero attached hydrogens (tertiary/aromatic N) is 2. The van der Waals surface area contributed by atoms with Crippen LogP contribution in [0.5, 0.6) is 0 Å². The van der Waals surface area contributed by atoms with Crippen LogP contribution in [0.3, 0.4) is 0 Å². The van der Waals surface area contributed by atoms with Crippen LogP contribution < -0.4 is 0 Å². The molecule has 1 aromatic heterocycles. The fraction of sp³-hybridized carbons (Fsp3) is 0.500. The maximum absolute atomic E-state index is 14.0. The van der Waals surface area contributed by atoms with Gasteiger partial charge in [0.15, 0.2) is 0 Å². The Morgan fingerprint density at radius 3 is 3.00 bits per heavy atom. The molecule has 1 N–H and O–H groups in total. The molecule has 6 heteroatoms. The minimum absolute atomic E-state index is 0.221. The van der Waals surface area contributed by atoms with Crippen LogP contribution in [0.15, 0.2) is 24.4 Å². The number of benzene rings is 1. The number of hydrogen-bond acceptors (Lipinski definition) is 3. The van der Waals surface area contributed by atoms with Crippen molar-refractivity contribution in [3.63, 3.8) is 0 Å². The van der Waals surface area contributed by atoms with Crippen LogP contribution in [0.1, 0.15) is 38.1 Å². The van der Waals surface area contributed by atoms with Gasteiger partial charge >= 0.3 is 0 Å². The van der Waals surface area contributed by atoms with Gasteiger partial charge in [-0.1, -0.05) is 13.3 Å². The third-order valence-corrected chi connectivity index (χ3v) is 5.59. The minimum Gasteiger partial charge on any atom is -0.341 e. The Morgan fingerprint density at radius 2 is 2.21 bits per heavy atom. The molecule has 1 aliphatic heterocycles. The van der Waals surface area contributed by atoms with Crippen LogP contribution >= 0.6 is 11.8 Å². The van der Waals surface area contributed by atoms with Gasteiger partial charge < -0.3 is 4.98 Å². The van der Waals surface area contributed by atoms with Gasteiger partial charge in [0.05, 0.1) is 17.9 Å². The number of H-pyrrole nitrogens is 1. The number of halogens is 2. The molecule has 1 fully saturated rings. The Bertz CT molecular complexity index is 689. The average Bonchev–Trinajstić information content (AvgIpc) is 3.07. The van der Waals surface area contributed by atoms with Gasteiger partial charge in [0.25, 0.3) is 0 Å². The zero-order valence-corrected chi connectivity index (χ0v) is 14.9. The van der Waals surface area contributed by atoms with Crippen molar-refractivity contribution < 1.29 is 8.78 Å². The summed E-state index contributed by atoms with van der Waals surface area (Å²) in [6, 6.07) is 3.71. The quantitative estimate of drug-likeness (QED) is 0.852. The highest BCUT2D eigenvalue weighted by Crippen LogP contribution is 2.32. The second-order valence-electron chi connectivity index (χ2n) is 6.36. The van der Waals surface area contributed by atoms with Crippen LogP contribution in [-0.2, 0) is 0 Å². The molecule has 0 spiro atoms. The Balaban J connectivity index is 1.84. The topological polar surface area (TPSA) is 31.9 Å². The molecule has 0 saturated carbocycles. The molecule has 2 aromatic rings. The molecule has 1 saturated heterocycles. The van der Waals surface area contributed by atoms with E-state index in [4.69, 9.17) is 0 Å². The third kappa shape index (κ3) is 3.81. The van der Waals surface area contributed by atoms with E-state index in [1.165, 1.54) is 18.9 Å². The number of hydrogen-bond donors (Lipinski definition) is 1. The largest absolute Gasteiger partial charge is 0.341 e. The zero-order valence-electron chi connectivity index (χ0n) is 14.1. The highest BCUT2D eigenvalue weighted by atomic mass is 32.2. The maximum atomic E-state index is 14.0. The number of likely N-dealkylation sites (tertiary alicyclic amines) is 1. The fourth-order valence-electron chi connectivity index (χ4n) is 3.27. The van der Waals surface area contributed by atoms with E-state index in [9.17, 15) is 8.78 Å². The van der Waals surface area contributed by atoms with Gasteiger partial charge in [0, 0.05) is 17.4 Å². The van der Waals surface area contributed by atoms with Crippen molar-refractivity contribution in [1.82, 2.24) is 14.9 Å². The molecule has 0 aliphatic carbocycles. The van der Waals surface area contributed by atoms with Crippen molar-refractivity contribution in [3.05, 3.63) is 41.9 Å². The van der Waals surface area contributed by atoms with Crippen LogP contribution in [-0.4, -0.2) is 39.5 Å². The van der Waals surface area contributed by atoms with Gasteiger partial charge in [-0.15, -0.1) is 0 Å². The summed E-state index contributed by atoms with van der Waals surface area (Å²) in [4.78, 5) is 10.2. The predicted octanol–water partition coefficient (Wildman–Crippen LogP) is 4.63. The summed E-state index contributed by atoms with van der Waals surface area (Å²) in [6.45, 7) is 4.29. The first-order chi connectivity index (χ1) is 11.6. The molecular weight excluding hydrogens is 328 g/mol. The summed E-state index contributed by atoms with van der Waals surface area (Å²) in [7, 11) is 0. The van der Waals surface area contributed by atoms with Gasteiger partial charge in [0.2, 0.25) is 0 Å². The van der Waals surface area contributed by atoms with Gasteiger partial charge in [-0.3, -0.25) is 4.90 Å². The average molecular weight is 351 g/mol. The Morgan fingerprint density at radius 1 is 1.38 bits per heavy atom.